The van der Waals surface area contributed by atoms with E-state index in [2.05, 4.69) is 0 Å². The zero-order chi connectivity index (χ0) is 9.68. The molecule has 1 atom stereocenters. The van der Waals surface area contributed by atoms with Crippen molar-refractivity contribution in [3.8, 4) is 0 Å². The Morgan fingerprint density at radius 2 is 2.54 bits per heavy atom. The first-order valence-corrected chi connectivity index (χ1v) is 4.06. The van der Waals surface area contributed by atoms with Crippen LogP contribution in [0.1, 0.15) is 6.42 Å². The lowest BCUT2D eigenvalue weighted by Gasteiger charge is -2.10. The molecule has 0 aromatic carbocycles. The Balaban J connectivity index is 2.48. The number of carbonyl (C=O) groups is 1. The summed E-state index contributed by atoms with van der Waals surface area (Å²) in [5.74, 6) is 0.102. The molecule has 1 aliphatic rings. The van der Waals surface area contributed by atoms with Gasteiger partial charge < -0.3 is 9.84 Å². The van der Waals surface area contributed by atoms with Gasteiger partial charge in [-0.3, -0.25) is 0 Å². The summed E-state index contributed by atoms with van der Waals surface area (Å²) in [7, 11) is 1.61. The summed E-state index contributed by atoms with van der Waals surface area (Å²) in [4.78, 5) is 10.2. The Morgan fingerprint density at radius 3 is 3.00 bits per heavy atom. The molecule has 13 heavy (non-hydrogen) atoms. The smallest absolute Gasteiger partial charge is 0.327 e. The van der Waals surface area contributed by atoms with Crippen LogP contribution in [0.4, 0.5) is 0 Å². The van der Waals surface area contributed by atoms with Crippen molar-refractivity contribution in [1.82, 2.24) is 0 Å². The molecule has 1 aliphatic carbocycles. The molecule has 0 aromatic heterocycles. The number of hydrogen-bond donors (Lipinski definition) is 1. The predicted molar refractivity (Wildman–Crippen MR) is 49.1 cm³/mol. The Bertz CT molecular complexity index is 274. The van der Waals surface area contributed by atoms with Gasteiger partial charge in [0.15, 0.2) is 0 Å². The van der Waals surface area contributed by atoms with Crippen molar-refractivity contribution in [1.29, 1.82) is 0 Å². The van der Waals surface area contributed by atoms with Gasteiger partial charge in [-0.05, 0) is 24.5 Å². The number of carboxylic acid groups (broad SMARTS) is 1. The minimum atomic E-state index is -0.907. The van der Waals surface area contributed by atoms with Crippen LogP contribution in [0.2, 0.25) is 0 Å². The van der Waals surface area contributed by atoms with E-state index in [-0.39, 0.29) is 5.92 Å². The maximum Gasteiger partial charge on any atom is 0.327 e. The Labute approximate surface area is 77.0 Å². The average molecular weight is 180 g/mol. The molecule has 0 fully saturated rings. The topological polar surface area (TPSA) is 46.5 Å². The van der Waals surface area contributed by atoms with E-state index in [0.29, 0.717) is 0 Å². The monoisotopic (exact) mass is 180 g/mol. The molecule has 70 valence electrons. The molecule has 0 saturated heterocycles. The molecule has 0 aliphatic heterocycles. The SMILES string of the molecule is COC1=CCC(C=CC(=O)O)C=C1. The van der Waals surface area contributed by atoms with Crippen LogP contribution in [0.3, 0.4) is 0 Å². The van der Waals surface area contributed by atoms with Crippen molar-refractivity contribution in [2.75, 3.05) is 7.11 Å². The third kappa shape index (κ3) is 3.15. The second-order valence-electron chi connectivity index (χ2n) is 2.77. The van der Waals surface area contributed by atoms with Crippen LogP contribution in [-0.4, -0.2) is 18.2 Å². The molecule has 0 spiro atoms. The maximum absolute atomic E-state index is 10.2. The van der Waals surface area contributed by atoms with E-state index in [1.807, 2.05) is 18.2 Å². The molecular weight excluding hydrogens is 168 g/mol. The number of hydrogen-bond acceptors (Lipinski definition) is 2. The molecular formula is C10H12O3. The van der Waals surface area contributed by atoms with E-state index in [1.165, 1.54) is 6.08 Å². The number of allylic oxidation sites excluding steroid dienone is 4. The quantitative estimate of drug-likeness (QED) is 0.673. The van der Waals surface area contributed by atoms with E-state index in [4.69, 9.17) is 9.84 Å². The van der Waals surface area contributed by atoms with Crippen molar-refractivity contribution in [2.24, 2.45) is 5.92 Å². The molecule has 1 rings (SSSR count). The van der Waals surface area contributed by atoms with Crippen molar-refractivity contribution in [3.63, 3.8) is 0 Å². The number of methoxy groups -OCH3 is 1. The van der Waals surface area contributed by atoms with Gasteiger partial charge in [-0.15, -0.1) is 0 Å². The second kappa shape index (κ2) is 4.50. The lowest BCUT2D eigenvalue weighted by atomic mass is 10.00. The van der Waals surface area contributed by atoms with Crippen molar-refractivity contribution < 1.29 is 14.6 Å². The van der Waals surface area contributed by atoms with Crippen LogP contribution in [0.5, 0.6) is 0 Å². The third-order valence-electron chi connectivity index (χ3n) is 1.82. The van der Waals surface area contributed by atoms with Gasteiger partial charge in [-0.2, -0.15) is 0 Å². The Morgan fingerprint density at radius 1 is 1.77 bits per heavy atom. The maximum atomic E-state index is 10.2. The van der Waals surface area contributed by atoms with Gasteiger partial charge in [-0.25, -0.2) is 4.79 Å². The number of carboxylic acids is 1. The molecule has 1 N–H and O–H groups in total. The summed E-state index contributed by atoms with van der Waals surface area (Å²) in [6.07, 6.45) is 9.35. The number of aliphatic carboxylic acids is 1. The van der Waals surface area contributed by atoms with Gasteiger partial charge in [0.05, 0.1) is 7.11 Å². The van der Waals surface area contributed by atoms with Crippen molar-refractivity contribution >= 4 is 5.97 Å². The molecule has 3 heteroatoms. The first kappa shape index (κ1) is 9.58. The van der Waals surface area contributed by atoms with Gasteiger partial charge >= 0.3 is 5.97 Å². The predicted octanol–water partition coefficient (Wildman–Crippen LogP) is 1.73. The van der Waals surface area contributed by atoms with E-state index in [1.54, 1.807) is 13.2 Å². The fraction of sp³-hybridized carbons (Fsp3) is 0.300. The lowest BCUT2D eigenvalue weighted by molar-refractivity contribution is -0.131. The molecule has 1 unspecified atom stereocenters. The summed E-state index contributed by atoms with van der Waals surface area (Å²) in [5.41, 5.74) is 0. The van der Waals surface area contributed by atoms with E-state index < -0.39 is 5.97 Å². The average Bonchev–Trinajstić information content (AvgIpc) is 2.15. The van der Waals surface area contributed by atoms with Crippen LogP contribution in [0.15, 0.2) is 36.1 Å². The van der Waals surface area contributed by atoms with Crippen molar-refractivity contribution in [2.45, 2.75) is 6.42 Å². The fourth-order valence-corrected chi connectivity index (χ4v) is 1.12. The number of rotatable bonds is 3. The highest BCUT2D eigenvalue weighted by atomic mass is 16.5. The zero-order valence-corrected chi connectivity index (χ0v) is 7.43. The minimum Gasteiger partial charge on any atom is -0.497 e. The molecule has 0 bridgehead atoms. The van der Waals surface area contributed by atoms with E-state index >= 15 is 0 Å². The van der Waals surface area contributed by atoms with Crippen LogP contribution in [-0.2, 0) is 9.53 Å². The highest BCUT2D eigenvalue weighted by Crippen LogP contribution is 2.17. The van der Waals surface area contributed by atoms with Gasteiger partial charge in [0.1, 0.15) is 5.76 Å². The third-order valence-corrected chi connectivity index (χ3v) is 1.82. The fourth-order valence-electron chi connectivity index (χ4n) is 1.12. The van der Waals surface area contributed by atoms with Crippen LogP contribution in [0.25, 0.3) is 0 Å². The summed E-state index contributed by atoms with van der Waals surface area (Å²) in [6.45, 7) is 0. The van der Waals surface area contributed by atoms with Crippen LogP contribution < -0.4 is 0 Å². The van der Waals surface area contributed by atoms with Gasteiger partial charge in [0.25, 0.3) is 0 Å². The summed E-state index contributed by atoms with van der Waals surface area (Å²) in [5, 5.41) is 8.39. The van der Waals surface area contributed by atoms with E-state index in [0.717, 1.165) is 12.2 Å². The highest BCUT2D eigenvalue weighted by Gasteiger charge is 2.05. The van der Waals surface area contributed by atoms with Gasteiger partial charge in [0.2, 0.25) is 0 Å². The van der Waals surface area contributed by atoms with E-state index in [9.17, 15) is 4.79 Å². The van der Waals surface area contributed by atoms with Crippen molar-refractivity contribution in [3.05, 3.63) is 36.1 Å². The zero-order valence-electron chi connectivity index (χ0n) is 7.43. The number of ether oxygens (including phenoxy) is 1. The first-order valence-electron chi connectivity index (χ1n) is 4.06. The standard InChI is InChI=1S/C10H12O3/c1-13-9-5-2-8(3-6-9)4-7-10(11)12/h2,4-8H,3H2,1H3,(H,11,12). The molecule has 0 saturated carbocycles. The molecule has 3 nitrogen and oxygen atoms in total. The largest absolute Gasteiger partial charge is 0.497 e. The molecule has 0 radical (unpaired) electrons. The summed E-state index contributed by atoms with van der Waals surface area (Å²) < 4.78 is 5.00. The summed E-state index contributed by atoms with van der Waals surface area (Å²) in [6, 6.07) is 0. The van der Waals surface area contributed by atoms with Gasteiger partial charge in [0, 0.05) is 6.08 Å². The Hall–Kier alpha value is -1.51. The molecule has 0 heterocycles. The van der Waals surface area contributed by atoms with Crippen LogP contribution >= 0.6 is 0 Å². The summed E-state index contributed by atoms with van der Waals surface area (Å²) >= 11 is 0. The van der Waals surface area contributed by atoms with Crippen LogP contribution in [0, 0.1) is 5.92 Å². The second-order valence-corrected chi connectivity index (χ2v) is 2.77. The molecule has 0 amide bonds. The lowest BCUT2D eigenvalue weighted by Crippen LogP contribution is -1.98. The minimum absolute atomic E-state index is 0.176. The highest BCUT2D eigenvalue weighted by molar-refractivity contribution is 5.79. The van der Waals surface area contributed by atoms with Gasteiger partial charge in [-0.1, -0.05) is 12.2 Å². The molecule has 0 aromatic rings. The normalized spacial score (nSPS) is 21.6. The Kier molecular flexibility index (Phi) is 3.31. The first-order chi connectivity index (χ1) is 6.22.